The highest BCUT2D eigenvalue weighted by Gasteiger charge is 2.11. The zero-order valence-corrected chi connectivity index (χ0v) is 8.41. The van der Waals surface area contributed by atoms with E-state index >= 15 is 0 Å². The van der Waals surface area contributed by atoms with Gasteiger partial charge < -0.3 is 9.53 Å². The number of ether oxygens (including phenoxy) is 1. The Morgan fingerprint density at radius 1 is 1.46 bits per heavy atom. The summed E-state index contributed by atoms with van der Waals surface area (Å²) in [5.74, 6) is 0.143. The van der Waals surface area contributed by atoms with Crippen molar-refractivity contribution in [3.8, 4) is 0 Å². The molecule has 13 heavy (non-hydrogen) atoms. The molecule has 0 rings (SSSR count). The van der Waals surface area contributed by atoms with E-state index in [1.54, 1.807) is 6.92 Å². The summed E-state index contributed by atoms with van der Waals surface area (Å²) in [6, 6.07) is 0. The Morgan fingerprint density at radius 2 is 2.15 bits per heavy atom. The predicted octanol–water partition coefficient (Wildman–Crippen LogP) is 1.94. The standard InChI is InChI=1S/C10H18O3/c1-3-9(6-5-7-11)8-10(12)13-4-2/h7,9H,3-6,8H2,1-2H3. The molecule has 3 heteroatoms. The number of carbonyl (C=O) groups is 2. The maximum Gasteiger partial charge on any atom is 0.306 e. The second kappa shape index (κ2) is 7.77. The van der Waals surface area contributed by atoms with E-state index in [1.165, 1.54) is 0 Å². The van der Waals surface area contributed by atoms with Gasteiger partial charge in [0.2, 0.25) is 0 Å². The number of rotatable bonds is 7. The summed E-state index contributed by atoms with van der Waals surface area (Å²) in [7, 11) is 0. The lowest BCUT2D eigenvalue weighted by molar-refractivity contribution is -0.144. The molecule has 0 aromatic rings. The van der Waals surface area contributed by atoms with E-state index in [2.05, 4.69) is 0 Å². The van der Waals surface area contributed by atoms with Crippen LogP contribution in [0.5, 0.6) is 0 Å². The molecule has 1 atom stereocenters. The zero-order valence-electron chi connectivity index (χ0n) is 8.41. The third kappa shape index (κ3) is 6.31. The number of carbonyl (C=O) groups excluding carboxylic acids is 2. The number of esters is 1. The van der Waals surface area contributed by atoms with Crippen LogP contribution in [0.25, 0.3) is 0 Å². The fraction of sp³-hybridized carbons (Fsp3) is 0.800. The molecule has 0 N–H and O–H groups in total. The minimum Gasteiger partial charge on any atom is -0.466 e. The first kappa shape index (κ1) is 12.1. The quantitative estimate of drug-likeness (QED) is 0.451. The van der Waals surface area contributed by atoms with Gasteiger partial charge in [-0.05, 0) is 19.3 Å². The third-order valence-corrected chi connectivity index (χ3v) is 2.03. The summed E-state index contributed by atoms with van der Waals surface area (Å²) in [4.78, 5) is 21.2. The Hall–Kier alpha value is -0.860. The van der Waals surface area contributed by atoms with Gasteiger partial charge in [-0.15, -0.1) is 0 Å². The van der Waals surface area contributed by atoms with Gasteiger partial charge in [0.25, 0.3) is 0 Å². The Kier molecular flexibility index (Phi) is 7.26. The summed E-state index contributed by atoms with van der Waals surface area (Å²) in [6.45, 7) is 4.25. The first-order chi connectivity index (χ1) is 6.24. The van der Waals surface area contributed by atoms with E-state index in [0.29, 0.717) is 25.4 Å². The Morgan fingerprint density at radius 3 is 2.62 bits per heavy atom. The second-order valence-electron chi connectivity index (χ2n) is 3.03. The van der Waals surface area contributed by atoms with Gasteiger partial charge in [-0.3, -0.25) is 4.79 Å². The van der Waals surface area contributed by atoms with Crippen LogP contribution in [-0.2, 0) is 14.3 Å². The third-order valence-electron chi connectivity index (χ3n) is 2.03. The SMILES string of the molecule is CCOC(=O)CC(CC)CCC=O. The zero-order chi connectivity index (χ0) is 10.1. The minimum atomic E-state index is -0.153. The van der Waals surface area contributed by atoms with E-state index in [-0.39, 0.29) is 5.97 Å². The monoisotopic (exact) mass is 186 g/mol. The molecule has 0 aliphatic rings. The van der Waals surface area contributed by atoms with Crippen molar-refractivity contribution in [3.05, 3.63) is 0 Å². The summed E-state index contributed by atoms with van der Waals surface area (Å²) in [6.07, 6.45) is 3.59. The second-order valence-corrected chi connectivity index (χ2v) is 3.03. The lowest BCUT2D eigenvalue weighted by Gasteiger charge is -2.11. The van der Waals surface area contributed by atoms with Crippen LogP contribution in [-0.4, -0.2) is 18.9 Å². The molecular formula is C10H18O3. The molecule has 0 radical (unpaired) electrons. The van der Waals surface area contributed by atoms with Crippen molar-refractivity contribution < 1.29 is 14.3 Å². The van der Waals surface area contributed by atoms with E-state index in [9.17, 15) is 9.59 Å². The van der Waals surface area contributed by atoms with Gasteiger partial charge in [0, 0.05) is 12.8 Å². The van der Waals surface area contributed by atoms with Crippen molar-refractivity contribution in [2.45, 2.75) is 39.5 Å². The van der Waals surface area contributed by atoms with Crippen LogP contribution in [0.4, 0.5) is 0 Å². The minimum absolute atomic E-state index is 0.153. The molecule has 0 amide bonds. The van der Waals surface area contributed by atoms with Crippen molar-refractivity contribution in [2.24, 2.45) is 5.92 Å². The molecule has 1 unspecified atom stereocenters. The fourth-order valence-corrected chi connectivity index (χ4v) is 1.21. The lowest BCUT2D eigenvalue weighted by Crippen LogP contribution is -2.11. The molecular weight excluding hydrogens is 168 g/mol. The van der Waals surface area contributed by atoms with Crippen LogP contribution in [0.3, 0.4) is 0 Å². The Labute approximate surface area is 79.5 Å². The van der Waals surface area contributed by atoms with Crippen LogP contribution in [0.1, 0.15) is 39.5 Å². The molecule has 0 saturated carbocycles. The van der Waals surface area contributed by atoms with Crippen molar-refractivity contribution >= 4 is 12.3 Å². The molecule has 0 heterocycles. The molecule has 0 spiro atoms. The fourth-order valence-electron chi connectivity index (χ4n) is 1.21. The predicted molar refractivity (Wildman–Crippen MR) is 50.3 cm³/mol. The molecule has 0 bridgehead atoms. The molecule has 0 aliphatic carbocycles. The van der Waals surface area contributed by atoms with E-state index < -0.39 is 0 Å². The summed E-state index contributed by atoms with van der Waals surface area (Å²) in [5, 5.41) is 0. The van der Waals surface area contributed by atoms with Gasteiger partial charge in [-0.2, -0.15) is 0 Å². The Balaban J connectivity index is 3.68. The van der Waals surface area contributed by atoms with Crippen molar-refractivity contribution in [1.82, 2.24) is 0 Å². The first-order valence-electron chi connectivity index (χ1n) is 4.83. The molecule has 0 fully saturated rings. The highest BCUT2D eigenvalue weighted by molar-refractivity contribution is 5.69. The smallest absolute Gasteiger partial charge is 0.306 e. The van der Waals surface area contributed by atoms with Crippen molar-refractivity contribution in [3.63, 3.8) is 0 Å². The maximum absolute atomic E-state index is 11.1. The molecule has 76 valence electrons. The summed E-state index contributed by atoms with van der Waals surface area (Å²) in [5.41, 5.74) is 0. The topological polar surface area (TPSA) is 43.4 Å². The van der Waals surface area contributed by atoms with E-state index in [1.807, 2.05) is 6.92 Å². The van der Waals surface area contributed by atoms with Crippen molar-refractivity contribution in [2.75, 3.05) is 6.61 Å². The van der Waals surface area contributed by atoms with Gasteiger partial charge in [0.15, 0.2) is 0 Å². The molecule has 0 saturated heterocycles. The average Bonchev–Trinajstić information content (AvgIpc) is 2.12. The van der Waals surface area contributed by atoms with Gasteiger partial charge in [-0.1, -0.05) is 13.3 Å². The summed E-state index contributed by atoms with van der Waals surface area (Å²) < 4.78 is 4.83. The molecule has 3 nitrogen and oxygen atoms in total. The number of aldehydes is 1. The lowest BCUT2D eigenvalue weighted by atomic mass is 9.97. The Bertz CT molecular complexity index is 154. The highest BCUT2D eigenvalue weighted by atomic mass is 16.5. The van der Waals surface area contributed by atoms with Crippen LogP contribution in [0.2, 0.25) is 0 Å². The molecule has 0 aromatic heterocycles. The van der Waals surface area contributed by atoms with Crippen LogP contribution in [0, 0.1) is 5.92 Å². The normalized spacial score (nSPS) is 12.2. The van der Waals surface area contributed by atoms with Crippen LogP contribution in [0.15, 0.2) is 0 Å². The van der Waals surface area contributed by atoms with Crippen molar-refractivity contribution in [1.29, 1.82) is 0 Å². The van der Waals surface area contributed by atoms with E-state index in [4.69, 9.17) is 4.74 Å². The highest BCUT2D eigenvalue weighted by Crippen LogP contribution is 2.15. The van der Waals surface area contributed by atoms with Gasteiger partial charge in [0.1, 0.15) is 6.29 Å². The van der Waals surface area contributed by atoms with Gasteiger partial charge >= 0.3 is 5.97 Å². The first-order valence-corrected chi connectivity index (χ1v) is 4.83. The average molecular weight is 186 g/mol. The van der Waals surface area contributed by atoms with E-state index in [0.717, 1.165) is 19.1 Å². The number of hydrogen-bond acceptors (Lipinski definition) is 3. The van der Waals surface area contributed by atoms with Gasteiger partial charge in [-0.25, -0.2) is 0 Å². The summed E-state index contributed by atoms with van der Waals surface area (Å²) >= 11 is 0. The molecule has 0 aromatic carbocycles. The van der Waals surface area contributed by atoms with Gasteiger partial charge in [0.05, 0.1) is 6.61 Å². The van der Waals surface area contributed by atoms with Crippen LogP contribution < -0.4 is 0 Å². The van der Waals surface area contributed by atoms with Crippen LogP contribution >= 0.6 is 0 Å². The largest absolute Gasteiger partial charge is 0.466 e. The molecule has 0 aliphatic heterocycles. The number of hydrogen-bond donors (Lipinski definition) is 0. The maximum atomic E-state index is 11.1.